The molecule has 0 saturated carbocycles. The Morgan fingerprint density at radius 2 is 1.71 bits per heavy atom. The van der Waals surface area contributed by atoms with E-state index in [2.05, 4.69) is 52.0 Å². The molecule has 3 aliphatic rings. The van der Waals surface area contributed by atoms with E-state index in [1.807, 2.05) is 0 Å². The summed E-state index contributed by atoms with van der Waals surface area (Å²) in [6.45, 7) is 12.7. The van der Waals surface area contributed by atoms with E-state index in [1.54, 1.807) is 0 Å². The van der Waals surface area contributed by atoms with Crippen LogP contribution in [0.5, 0.6) is 0 Å². The summed E-state index contributed by atoms with van der Waals surface area (Å²) in [5, 5.41) is 0. The lowest BCUT2D eigenvalue weighted by atomic mass is 9.77. The van der Waals surface area contributed by atoms with E-state index >= 15 is 0 Å². The molecule has 1 aromatic rings. The molecular weight excluding hydrogens is 294 g/mol. The Hall–Kier alpha value is -0.900. The number of rotatable bonds is 5. The van der Waals surface area contributed by atoms with E-state index in [-0.39, 0.29) is 0 Å². The molecule has 0 N–H and O–H groups in total. The third-order valence-electron chi connectivity index (χ3n) is 6.46. The Morgan fingerprint density at radius 1 is 0.958 bits per heavy atom. The van der Waals surface area contributed by atoms with Gasteiger partial charge in [-0.2, -0.15) is 0 Å². The fraction of sp³-hybridized carbons (Fsp3) is 0.714. The minimum atomic E-state index is 0.620. The summed E-state index contributed by atoms with van der Waals surface area (Å²) in [6.07, 6.45) is 5.49. The van der Waals surface area contributed by atoms with E-state index in [9.17, 15) is 0 Å². The molecule has 3 fully saturated rings. The average Bonchev–Trinajstić information content (AvgIpc) is 3.00. The lowest BCUT2D eigenvalue weighted by Crippen LogP contribution is -2.62. The van der Waals surface area contributed by atoms with Gasteiger partial charge in [-0.15, -0.1) is 0 Å². The molecule has 0 bridgehead atoms. The first-order valence-electron chi connectivity index (χ1n) is 9.99. The summed E-state index contributed by atoms with van der Waals surface area (Å²) in [5.41, 5.74) is 2.09. The topological polar surface area (TPSA) is 9.72 Å². The van der Waals surface area contributed by atoms with Gasteiger partial charge in [-0.25, -0.2) is 0 Å². The number of piperidine rings is 1. The fourth-order valence-electron chi connectivity index (χ4n) is 5.16. The maximum Gasteiger partial charge on any atom is 0.0233 e. The number of hydrogen-bond donors (Lipinski definition) is 0. The van der Waals surface area contributed by atoms with Crippen molar-refractivity contribution in [2.24, 2.45) is 5.41 Å². The van der Waals surface area contributed by atoms with Gasteiger partial charge in [0.1, 0.15) is 0 Å². The monoisotopic (exact) mass is 327 g/mol. The van der Waals surface area contributed by atoms with Crippen LogP contribution >= 0.6 is 0 Å². The van der Waals surface area contributed by atoms with Gasteiger partial charge in [0.05, 0.1) is 0 Å². The van der Waals surface area contributed by atoms with Crippen molar-refractivity contribution in [1.29, 1.82) is 0 Å². The van der Waals surface area contributed by atoms with Crippen LogP contribution in [0.2, 0.25) is 0 Å². The lowest BCUT2D eigenvalue weighted by Gasteiger charge is -2.53. The zero-order valence-corrected chi connectivity index (χ0v) is 15.3. The molecule has 3 aliphatic heterocycles. The van der Waals surface area contributed by atoms with Crippen molar-refractivity contribution >= 4 is 0 Å². The van der Waals surface area contributed by atoms with Gasteiger partial charge < -0.3 is 4.90 Å². The van der Waals surface area contributed by atoms with E-state index in [1.165, 1.54) is 77.1 Å². The van der Waals surface area contributed by atoms with Crippen LogP contribution in [-0.2, 0) is 6.54 Å². The van der Waals surface area contributed by atoms with Gasteiger partial charge in [-0.3, -0.25) is 9.80 Å². The highest BCUT2D eigenvalue weighted by molar-refractivity contribution is 5.15. The number of hydrogen-bond acceptors (Lipinski definition) is 3. The van der Waals surface area contributed by atoms with E-state index < -0.39 is 0 Å². The van der Waals surface area contributed by atoms with Crippen LogP contribution in [-0.4, -0.2) is 66.6 Å². The van der Waals surface area contributed by atoms with Gasteiger partial charge in [0.15, 0.2) is 0 Å². The second-order valence-corrected chi connectivity index (χ2v) is 8.42. The first-order valence-corrected chi connectivity index (χ1v) is 9.99. The summed E-state index contributed by atoms with van der Waals surface area (Å²) in [6, 6.07) is 11.8. The van der Waals surface area contributed by atoms with Gasteiger partial charge in [0, 0.05) is 37.6 Å². The standard InChI is InChI=1S/C21H33N3/c1-2-11-22-12-8-20(9-13-22)24-17-21(18-24)10-14-23(16-21)15-19-6-4-3-5-7-19/h3-7,20H,2,8-18H2,1H3. The molecule has 0 amide bonds. The molecule has 3 heterocycles. The molecule has 132 valence electrons. The normalized spacial score (nSPS) is 26.0. The third kappa shape index (κ3) is 3.54. The van der Waals surface area contributed by atoms with Crippen LogP contribution < -0.4 is 0 Å². The van der Waals surface area contributed by atoms with Crippen molar-refractivity contribution in [3.05, 3.63) is 35.9 Å². The molecule has 0 atom stereocenters. The molecule has 0 radical (unpaired) electrons. The van der Waals surface area contributed by atoms with Gasteiger partial charge >= 0.3 is 0 Å². The molecule has 3 nitrogen and oxygen atoms in total. The van der Waals surface area contributed by atoms with Crippen LogP contribution in [0, 0.1) is 5.41 Å². The zero-order chi connectivity index (χ0) is 16.4. The minimum Gasteiger partial charge on any atom is -0.303 e. The molecule has 0 aliphatic carbocycles. The van der Waals surface area contributed by atoms with Crippen LogP contribution in [0.3, 0.4) is 0 Å². The minimum absolute atomic E-state index is 0.620. The number of likely N-dealkylation sites (tertiary alicyclic amines) is 3. The molecule has 4 rings (SSSR count). The SMILES string of the molecule is CCCN1CCC(N2CC3(CCN(Cc4ccccc4)C3)C2)CC1. The quantitative estimate of drug-likeness (QED) is 0.823. The van der Waals surface area contributed by atoms with Gasteiger partial charge in [0.25, 0.3) is 0 Å². The Kier molecular flexibility index (Phi) is 4.93. The first-order chi connectivity index (χ1) is 11.8. The van der Waals surface area contributed by atoms with Crippen molar-refractivity contribution in [1.82, 2.24) is 14.7 Å². The molecule has 0 unspecified atom stereocenters. The highest BCUT2D eigenvalue weighted by Crippen LogP contribution is 2.42. The molecule has 3 heteroatoms. The van der Waals surface area contributed by atoms with Gasteiger partial charge in [-0.05, 0) is 57.4 Å². The zero-order valence-electron chi connectivity index (χ0n) is 15.3. The summed E-state index contributed by atoms with van der Waals surface area (Å²) in [7, 11) is 0. The average molecular weight is 328 g/mol. The van der Waals surface area contributed by atoms with Gasteiger partial charge in [-0.1, -0.05) is 37.3 Å². The molecule has 3 saturated heterocycles. The molecule has 1 aromatic carbocycles. The molecular formula is C21H33N3. The molecule has 0 aromatic heterocycles. The third-order valence-corrected chi connectivity index (χ3v) is 6.46. The van der Waals surface area contributed by atoms with Crippen molar-refractivity contribution in [2.75, 3.05) is 45.8 Å². The molecule has 1 spiro atoms. The van der Waals surface area contributed by atoms with Crippen molar-refractivity contribution < 1.29 is 0 Å². The van der Waals surface area contributed by atoms with Crippen molar-refractivity contribution in [2.45, 2.75) is 45.2 Å². The Balaban J connectivity index is 1.23. The highest BCUT2D eigenvalue weighted by atomic mass is 15.3. The van der Waals surface area contributed by atoms with E-state index in [0.29, 0.717) is 5.41 Å². The number of benzene rings is 1. The fourth-order valence-corrected chi connectivity index (χ4v) is 5.16. The van der Waals surface area contributed by atoms with Crippen LogP contribution in [0.1, 0.15) is 38.2 Å². The van der Waals surface area contributed by atoms with Crippen molar-refractivity contribution in [3.63, 3.8) is 0 Å². The summed E-state index contributed by atoms with van der Waals surface area (Å²) in [5.74, 6) is 0. The largest absolute Gasteiger partial charge is 0.303 e. The summed E-state index contributed by atoms with van der Waals surface area (Å²) >= 11 is 0. The lowest BCUT2D eigenvalue weighted by molar-refractivity contribution is -0.0420. The van der Waals surface area contributed by atoms with Gasteiger partial charge in [0.2, 0.25) is 0 Å². The second-order valence-electron chi connectivity index (χ2n) is 8.42. The first kappa shape index (κ1) is 16.6. The Labute approximate surface area is 147 Å². The number of nitrogens with zero attached hydrogens (tertiary/aromatic N) is 3. The summed E-state index contributed by atoms with van der Waals surface area (Å²) in [4.78, 5) is 8.13. The van der Waals surface area contributed by atoms with E-state index in [4.69, 9.17) is 0 Å². The highest BCUT2D eigenvalue weighted by Gasteiger charge is 2.49. The maximum atomic E-state index is 2.80. The van der Waals surface area contributed by atoms with E-state index in [0.717, 1.165) is 12.6 Å². The predicted molar refractivity (Wildman–Crippen MR) is 100 cm³/mol. The van der Waals surface area contributed by atoms with Crippen LogP contribution in [0.15, 0.2) is 30.3 Å². The predicted octanol–water partition coefficient (Wildman–Crippen LogP) is 3.07. The second kappa shape index (κ2) is 7.15. The Bertz CT molecular complexity index is 515. The Morgan fingerprint density at radius 3 is 2.42 bits per heavy atom. The summed E-state index contributed by atoms with van der Waals surface area (Å²) < 4.78 is 0. The van der Waals surface area contributed by atoms with Crippen LogP contribution in [0.4, 0.5) is 0 Å². The molecule has 24 heavy (non-hydrogen) atoms. The smallest absolute Gasteiger partial charge is 0.0233 e. The van der Waals surface area contributed by atoms with Crippen molar-refractivity contribution in [3.8, 4) is 0 Å². The maximum absolute atomic E-state index is 2.80. The van der Waals surface area contributed by atoms with Crippen LogP contribution in [0.25, 0.3) is 0 Å².